The van der Waals surface area contributed by atoms with E-state index in [1.807, 2.05) is 13.8 Å². The highest BCUT2D eigenvalue weighted by Crippen LogP contribution is 2.17. The summed E-state index contributed by atoms with van der Waals surface area (Å²) in [6.07, 6.45) is 3.56. The maximum absolute atomic E-state index is 12.7. The number of nitrogens with zero attached hydrogens (tertiary/aromatic N) is 1. The maximum Gasteiger partial charge on any atom is 0.251 e. The second-order valence-corrected chi connectivity index (χ2v) is 8.38. The molecular formula is C18H30ClN3O3S. The first-order valence-electron chi connectivity index (χ1n) is 9.10. The number of hydrogen-bond acceptors (Lipinski definition) is 4. The number of piperidine rings is 1. The summed E-state index contributed by atoms with van der Waals surface area (Å²) in [5, 5.41) is 6.25. The molecule has 1 saturated heterocycles. The second-order valence-electron chi connectivity index (χ2n) is 6.45. The van der Waals surface area contributed by atoms with Crippen molar-refractivity contribution in [1.82, 2.24) is 14.9 Å². The van der Waals surface area contributed by atoms with Crippen molar-refractivity contribution in [3.63, 3.8) is 0 Å². The fraction of sp³-hybridized carbons (Fsp3) is 0.611. The molecule has 8 heteroatoms. The molecule has 148 valence electrons. The lowest BCUT2D eigenvalue weighted by atomic mass is 10.1. The van der Waals surface area contributed by atoms with E-state index in [0.717, 1.165) is 38.8 Å². The summed E-state index contributed by atoms with van der Waals surface area (Å²) in [4.78, 5) is 12.6. The summed E-state index contributed by atoms with van der Waals surface area (Å²) in [7, 11) is -3.50. The molecule has 0 radical (unpaired) electrons. The number of carbonyl (C=O) groups excluding carboxylic acids is 1. The molecule has 1 aromatic rings. The predicted octanol–water partition coefficient (Wildman–Crippen LogP) is 2.40. The molecule has 1 aliphatic rings. The molecule has 0 aromatic heterocycles. The quantitative estimate of drug-likeness (QED) is 0.698. The second kappa shape index (κ2) is 10.9. The normalized spacial score (nSPS) is 17.6. The third kappa shape index (κ3) is 5.94. The summed E-state index contributed by atoms with van der Waals surface area (Å²) in [5.74, 6) is -0.156. The SMILES string of the molecule is CCCN(CCC)S(=O)(=O)c1ccc(C(=O)NC2CCCNC2)cc1.Cl. The molecule has 1 aromatic carbocycles. The zero-order valence-electron chi connectivity index (χ0n) is 15.5. The van der Waals surface area contributed by atoms with Gasteiger partial charge in [-0.15, -0.1) is 12.4 Å². The van der Waals surface area contributed by atoms with Gasteiger partial charge in [0, 0.05) is 31.2 Å². The van der Waals surface area contributed by atoms with Crippen LogP contribution >= 0.6 is 12.4 Å². The molecule has 2 N–H and O–H groups in total. The third-order valence-electron chi connectivity index (χ3n) is 4.33. The van der Waals surface area contributed by atoms with Gasteiger partial charge in [0.15, 0.2) is 0 Å². The van der Waals surface area contributed by atoms with E-state index < -0.39 is 10.0 Å². The van der Waals surface area contributed by atoms with Crippen LogP contribution in [0.4, 0.5) is 0 Å². The first kappa shape index (κ1) is 22.9. The van der Waals surface area contributed by atoms with E-state index in [4.69, 9.17) is 0 Å². The van der Waals surface area contributed by atoms with Crippen molar-refractivity contribution in [2.24, 2.45) is 0 Å². The van der Waals surface area contributed by atoms with Crippen LogP contribution in [0.2, 0.25) is 0 Å². The summed E-state index contributed by atoms with van der Waals surface area (Å²) >= 11 is 0. The van der Waals surface area contributed by atoms with Crippen molar-refractivity contribution in [2.45, 2.75) is 50.5 Å². The smallest absolute Gasteiger partial charge is 0.251 e. The van der Waals surface area contributed by atoms with Gasteiger partial charge in [-0.25, -0.2) is 8.42 Å². The van der Waals surface area contributed by atoms with Crippen molar-refractivity contribution < 1.29 is 13.2 Å². The fourth-order valence-corrected chi connectivity index (χ4v) is 4.65. The van der Waals surface area contributed by atoms with Gasteiger partial charge in [0.1, 0.15) is 0 Å². The molecular weight excluding hydrogens is 374 g/mol. The van der Waals surface area contributed by atoms with Gasteiger partial charge in [0.05, 0.1) is 4.90 Å². The largest absolute Gasteiger partial charge is 0.348 e. The molecule has 2 rings (SSSR count). The summed E-state index contributed by atoms with van der Waals surface area (Å²) in [5.41, 5.74) is 0.488. The van der Waals surface area contributed by atoms with Gasteiger partial charge < -0.3 is 10.6 Å². The van der Waals surface area contributed by atoms with Crippen LogP contribution in [-0.4, -0.2) is 50.9 Å². The Balaban J connectivity index is 0.00000338. The van der Waals surface area contributed by atoms with E-state index in [1.165, 1.54) is 16.4 Å². The Bertz CT molecular complexity index is 653. The lowest BCUT2D eigenvalue weighted by Gasteiger charge is -2.24. The summed E-state index contributed by atoms with van der Waals surface area (Å²) in [6.45, 7) is 6.71. The molecule has 1 aliphatic heterocycles. The molecule has 0 spiro atoms. The molecule has 0 saturated carbocycles. The van der Waals surface area contributed by atoms with Gasteiger partial charge in [-0.3, -0.25) is 4.79 Å². The molecule has 1 heterocycles. The fourth-order valence-electron chi connectivity index (χ4n) is 3.02. The zero-order chi connectivity index (χ0) is 18.3. The average molecular weight is 404 g/mol. The van der Waals surface area contributed by atoms with Crippen molar-refractivity contribution in [3.05, 3.63) is 29.8 Å². The molecule has 0 aliphatic carbocycles. The molecule has 6 nitrogen and oxygen atoms in total. The van der Waals surface area contributed by atoms with Crippen LogP contribution in [-0.2, 0) is 10.0 Å². The number of sulfonamides is 1. The monoisotopic (exact) mass is 403 g/mol. The zero-order valence-corrected chi connectivity index (χ0v) is 17.2. The molecule has 1 amide bonds. The van der Waals surface area contributed by atoms with Crippen molar-refractivity contribution in [1.29, 1.82) is 0 Å². The number of carbonyl (C=O) groups is 1. The Kier molecular flexibility index (Phi) is 9.57. The first-order chi connectivity index (χ1) is 12.0. The predicted molar refractivity (Wildman–Crippen MR) is 106 cm³/mol. The van der Waals surface area contributed by atoms with Crippen molar-refractivity contribution in [3.8, 4) is 0 Å². The average Bonchev–Trinajstić information content (AvgIpc) is 2.62. The van der Waals surface area contributed by atoms with Crippen LogP contribution in [0.5, 0.6) is 0 Å². The lowest BCUT2D eigenvalue weighted by Crippen LogP contribution is -2.45. The Hall–Kier alpha value is -1.15. The van der Waals surface area contributed by atoms with Gasteiger partial charge in [-0.2, -0.15) is 4.31 Å². The van der Waals surface area contributed by atoms with E-state index >= 15 is 0 Å². The molecule has 1 fully saturated rings. The number of hydrogen-bond donors (Lipinski definition) is 2. The molecule has 1 atom stereocenters. The van der Waals surface area contributed by atoms with Gasteiger partial charge in [0.25, 0.3) is 5.91 Å². The van der Waals surface area contributed by atoms with Gasteiger partial charge >= 0.3 is 0 Å². The third-order valence-corrected chi connectivity index (χ3v) is 6.25. The van der Waals surface area contributed by atoms with Crippen molar-refractivity contribution in [2.75, 3.05) is 26.2 Å². The van der Waals surface area contributed by atoms with Crippen LogP contribution in [0.15, 0.2) is 29.2 Å². The van der Waals surface area contributed by atoms with E-state index in [0.29, 0.717) is 18.7 Å². The Morgan fingerprint density at radius 2 is 1.81 bits per heavy atom. The van der Waals surface area contributed by atoms with Crippen molar-refractivity contribution >= 4 is 28.3 Å². The Labute approximate surface area is 163 Å². The molecule has 1 unspecified atom stereocenters. The standard InChI is InChI=1S/C18H29N3O3S.ClH/c1-3-12-21(13-4-2)25(23,24)17-9-7-15(8-10-17)18(22)20-16-6-5-11-19-14-16;/h7-10,16,19H,3-6,11-14H2,1-2H3,(H,20,22);1H. The van der Waals surface area contributed by atoms with Crippen LogP contribution < -0.4 is 10.6 Å². The highest BCUT2D eigenvalue weighted by Gasteiger charge is 2.23. The maximum atomic E-state index is 12.7. The first-order valence-corrected chi connectivity index (χ1v) is 10.5. The van der Waals surface area contributed by atoms with Gasteiger partial charge in [-0.1, -0.05) is 13.8 Å². The van der Waals surface area contributed by atoms with Gasteiger partial charge in [0.2, 0.25) is 10.0 Å². The topological polar surface area (TPSA) is 78.5 Å². The minimum Gasteiger partial charge on any atom is -0.348 e. The number of amides is 1. The van der Waals surface area contributed by atoms with E-state index in [9.17, 15) is 13.2 Å². The Morgan fingerprint density at radius 3 is 2.31 bits per heavy atom. The van der Waals surface area contributed by atoms with Crippen LogP contribution in [0.25, 0.3) is 0 Å². The minimum atomic E-state index is -3.50. The Morgan fingerprint density at radius 1 is 1.19 bits per heavy atom. The van der Waals surface area contributed by atoms with Crippen LogP contribution in [0.3, 0.4) is 0 Å². The number of nitrogens with one attached hydrogen (secondary N) is 2. The number of halogens is 1. The molecule has 0 bridgehead atoms. The summed E-state index contributed by atoms with van der Waals surface area (Å²) in [6, 6.07) is 6.38. The minimum absolute atomic E-state index is 0. The lowest BCUT2D eigenvalue weighted by molar-refractivity contribution is 0.0930. The molecule has 26 heavy (non-hydrogen) atoms. The van der Waals surface area contributed by atoms with E-state index in [2.05, 4.69) is 10.6 Å². The highest BCUT2D eigenvalue weighted by molar-refractivity contribution is 7.89. The van der Waals surface area contributed by atoms with E-state index in [-0.39, 0.29) is 29.3 Å². The highest BCUT2D eigenvalue weighted by atomic mass is 35.5. The van der Waals surface area contributed by atoms with Crippen LogP contribution in [0.1, 0.15) is 49.9 Å². The number of rotatable bonds is 8. The van der Waals surface area contributed by atoms with Gasteiger partial charge in [-0.05, 0) is 56.5 Å². The number of benzene rings is 1. The van der Waals surface area contributed by atoms with Crippen LogP contribution in [0, 0.1) is 0 Å². The summed E-state index contributed by atoms with van der Waals surface area (Å²) < 4.78 is 27.0. The van der Waals surface area contributed by atoms with E-state index in [1.54, 1.807) is 12.1 Å².